The van der Waals surface area contributed by atoms with Gasteiger partial charge in [-0.25, -0.2) is 21.1 Å². The molecular weight excluding hydrogens is 360 g/mol. The first-order chi connectivity index (χ1) is 12.3. The number of thiazole rings is 1. The first-order valence-corrected chi connectivity index (χ1v) is 8.90. The quantitative estimate of drug-likeness (QED) is 0.542. The highest BCUT2D eigenvalue weighted by atomic mass is 32.1. The molecule has 1 aromatic heterocycles. The van der Waals surface area contributed by atoms with E-state index in [1.807, 2.05) is 6.92 Å². The van der Waals surface area contributed by atoms with Crippen LogP contribution < -0.4 is 11.1 Å². The van der Waals surface area contributed by atoms with Gasteiger partial charge in [-0.05, 0) is 20.3 Å². The zero-order valence-corrected chi connectivity index (χ0v) is 16.1. The third-order valence-corrected chi connectivity index (χ3v) is 3.76. The van der Waals surface area contributed by atoms with E-state index in [-0.39, 0.29) is 24.6 Å². The fourth-order valence-corrected chi connectivity index (χ4v) is 2.26. The molecule has 9 nitrogen and oxygen atoms in total. The van der Waals surface area contributed by atoms with E-state index in [2.05, 4.69) is 19.9 Å². The lowest BCUT2D eigenvalue weighted by Gasteiger charge is -2.05. The average Bonchev–Trinajstić information content (AvgIpc) is 3.01. The molecule has 26 heavy (non-hydrogen) atoms. The van der Waals surface area contributed by atoms with Gasteiger partial charge < -0.3 is 15.2 Å². The van der Waals surface area contributed by atoms with Gasteiger partial charge in [-0.3, -0.25) is 15.0 Å². The molecule has 1 atom stereocenters. The Bertz CT molecular complexity index is 654. The highest BCUT2D eigenvalue weighted by Crippen LogP contribution is 2.21. The fourth-order valence-electron chi connectivity index (χ4n) is 1.49. The van der Waals surface area contributed by atoms with Crippen LogP contribution in [0.4, 0.5) is 5.00 Å². The molecule has 0 aromatic carbocycles. The number of nitrogens with zero attached hydrogens (tertiary/aromatic N) is 2. The molecule has 0 bridgehead atoms. The van der Waals surface area contributed by atoms with Crippen molar-refractivity contribution in [2.24, 2.45) is 0 Å². The monoisotopic (exact) mass is 384 g/mol. The van der Waals surface area contributed by atoms with Gasteiger partial charge in [-0.1, -0.05) is 13.8 Å². The predicted octanol–water partition coefficient (Wildman–Crippen LogP) is 1.79. The highest BCUT2D eigenvalue weighted by molar-refractivity contribution is 7.15. The Morgan fingerprint density at radius 2 is 1.85 bits per heavy atom. The van der Waals surface area contributed by atoms with Crippen LogP contribution in [0, 0.1) is 6.57 Å². The predicted molar refractivity (Wildman–Crippen MR) is 97.3 cm³/mol. The molecule has 0 fully saturated rings. The van der Waals surface area contributed by atoms with Gasteiger partial charge >= 0.3 is 18.1 Å². The van der Waals surface area contributed by atoms with Gasteiger partial charge in [0, 0.05) is 6.42 Å². The largest absolute Gasteiger partial charge is 0.461 e. The fraction of sp³-hybridized carbons (Fsp3) is 0.562. The van der Waals surface area contributed by atoms with Crippen molar-refractivity contribution in [3.8, 4) is 0 Å². The number of nitrogens with two attached hydrogens (primary N) is 1. The molecule has 1 amide bonds. The average molecular weight is 384 g/mol. The molecule has 0 radical (unpaired) electrons. The van der Waals surface area contributed by atoms with Crippen LogP contribution in [0.1, 0.15) is 49.6 Å². The summed E-state index contributed by atoms with van der Waals surface area (Å²) in [6.07, 6.45) is -0.174. The van der Waals surface area contributed by atoms with Crippen LogP contribution in [-0.2, 0) is 25.5 Å². The summed E-state index contributed by atoms with van der Waals surface area (Å²) < 4.78 is 9.36. The van der Waals surface area contributed by atoms with E-state index in [1.54, 1.807) is 20.8 Å². The summed E-state index contributed by atoms with van der Waals surface area (Å²) in [7, 11) is 0. The zero-order chi connectivity index (χ0) is 20.1. The first-order valence-electron chi connectivity index (χ1n) is 8.09. The van der Waals surface area contributed by atoms with Gasteiger partial charge in [0.2, 0.25) is 5.91 Å². The Hall–Kier alpha value is -2.67. The number of ether oxygens (including phenoxy) is 2. The lowest BCUT2D eigenvalue weighted by molar-refractivity contribution is -0.146. The third kappa shape index (κ3) is 7.94. The molecule has 0 aliphatic carbocycles. The smallest absolute Gasteiger partial charge is 0.413 e. The molecule has 0 saturated carbocycles. The van der Waals surface area contributed by atoms with Crippen LogP contribution in [0.15, 0.2) is 0 Å². The molecule has 1 heterocycles. The summed E-state index contributed by atoms with van der Waals surface area (Å²) in [5.41, 5.74) is 5.86. The summed E-state index contributed by atoms with van der Waals surface area (Å²) in [6, 6.07) is 0. The van der Waals surface area contributed by atoms with E-state index >= 15 is 0 Å². The van der Waals surface area contributed by atoms with E-state index in [0.717, 1.165) is 11.4 Å². The summed E-state index contributed by atoms with van der Waals surface area (Å²) in [5.74, 6) is -1.48. The second-order valence-electron chi connectivity index (χ2n) is 4.60. The number of aryl methyl sites for hydroxylation is 1. The minimum absolute atomic E-state index is 0.201. The van der Waals surface area contributed by atoms with Crippen molar-refractivity contribution in [3.63, 3.8) is 0 Å². The normalized spacial score (nSPS) is 10.6. The molecular formula is C16H24N4O5S. The maximum atomic E-state index is 11.2. The number of esters is 2. The van der Waals surface area contributed by atoms with E-state index in [4.69, 9.17) is 17.0 Å². The Labute approximate surface area is 156 Å². The van der Waals surface area contributed by atoms with Crippen molar-refractivity contribution in [1.82, 2.24) is 10.3 Å². The minimum Gasteiger partial charge on any atom is -0.461 e. The lowest BCUT2D eigenvalue weighted by Crippen LogP contribution is -2.39. The van der Waals surface area contributed by atoms with Gasteiger partial charge in [0.15, 0.2) is 5.69 Å². The van der Waals surface area contributed by atoms with Crippen LogP contribution in [0.5, 0.6) is 0 Å². The van der Waals surface area contributed by atoms with E-state index in [0.29, 0.717) is 11.6 Å². The maximum Gasteiger partial charge on any atom is 0.413 e. The van der Waals surface area contributed by atoms with Crippen molar-refractivity contribution in [3.05, 3.63) is 22.1 Å². The number of anilines is 1. The molecule has 0 aliphatic heterocycles. The van der Waals surface area contributed by atoms with Crippen molar-refractivity contribution in [1.29, 1.82) is 0 Å². The van der Waals surface area contributed by atoms with E-state index < -0.39 is 18.1 Å². The van der Waals surface area contributed by atoms with Crippen molar-refractivity contribution >= 4 is 34.2 Å². The number of hydrogen-bond donors (Lipinski definition) is 2. The SMILES string of the molecule is CCOC(=O)c1nc(CC)sc1N.[C-]#[N+]C(NC(=O)CC)C(=O)OCC. The second-order valence-corrected chi connectivity index (χ2v) is 5.71. The number of amides is 1. The van der Waals surface area contributed by atoms with Crippen LogP contribution in [0.25, 0.3) is 4.85 Å². The molecule has 144 valence electrons. The summed E-state index contributed by atoms with van der Waals surface area (Å²) in [6.45, 7) is 14.2. The van der Waals surface area contributed by atoms with Gasteiger partial charge in [-0.2, -0.15) is 0 Å². The molecule has 10 heteroatoms. The zero-order valence-electron chi connectivity index (χ0n) is 15.3. The molecule has 1 aromatic rings. The number of hydrogen-bond acceptors (Lipinski definition) is 8. The summed E-state index contributed by atoms with van der Waals surface area (Å²) in [4.78, 5) is 40.0. The van der Waals surface area contributed by atoms with Crippen molar-refractivity contribution in [2.45, 2.75) is 46.7 Å². The summed E-state index contributed by atoms with van der Waals surface area (Å²) in [5, 5.41) is 3.54. The Morgan fingerprint density at radius 3 is 2.27 bits per heavy atom. The van der Waals surface area contributed by atoms with Crippen LogP contribution in [0.2, 0.25) is 0 Å². The van der Waals surface area contributed by atoms with Gasteiger partial charge in [0.25, 0.3) is 0 Å². The van der Waals surface area contributed by atoms with Gasteiger partial charge in [-0.15, -0.1) is 11.3 Å². The number of carbonyl (C=O) groups is 3. The number of rotatable bonds is 7. The number of nitrogen functional groups attached to an aromatic ring is 1. The minimum atomic E-state index is -1.20. The maximum absolute atomic E-state index is 11.2. The van der Waals surface area contributed by atoms with Crippen LogP contribution >= 0.6 is 11.3 Å². The van der Waals surface area contributed by atoms with Gasteiger partial charge in [0.05, 0.1) is 18.2 Å². The van der Waals surface area contributed by atoms with Crippen molar-refractivity contribution in [2.75, 3.05) is 18.9 Å². The summed E-state index contributed by atoms with van der Waals surface area (Å²) >= 11 is 1.33. The van der Waals surface area contributed by atoms with Crippen LogP contribution in [-0.4, -0.2) is 42.2 Å². The third-order valence-electron chi connectivity index (χ3n) is 2.73. The van der Waals surface area contributed by atoms with E-state index in [9.17, 15) is 14.4 Å². The molecule has 1 unspecified atom stereocenters. The molecule has 1 rings (SSSR count). The standard InChI is InChI=1S/C8H12N2O3.C8H12N2O2S/c1-4-6(11)10-7(9-3)8(12)13-5-2;1-3-5-10-6(7(9)13-5)8(11)12-4-2/h7H,4-5H2,1-2H3,(H,10,11);3-4,9H2,1-2H3. The van der Waals surface area contributed by atoms with Gasteiger partial charge in [0.1, 0.15) is 5.00 Å². The Kier molecular flexibility index (Phi) is 11.4. The topological polar surface area (TPSA) is 125 Å². The molecule has 3 N–H and O–H groups in total. The molecule has 0 saturated heterocycles. The number of carbonyl (C=O) groups excluding carboxylic acids is 3. The van der Waals surface area contributed by atoms with E-state index in [1.165, 1.54) is 11.3 Å². The highest BCUT2D eigenvalue weighted by Gasteiger charge is 2.25. The van der Waals surface area contributed by atoms with Crippen molar-refractivity contribution < 1.29 is 23.9 Å². The van der Waals surface area contributed by atoms with Crippen LogP contribution in [0.3, 0.4) is 0 Å². The Balaban J connectivity index is 0.000000481. The number of aromatic nitrogens is 1. The number of nitrogens with one attached hydrogen (secondary N) is 1. The lowest BCUT2D eigenvalue weighted by atomic mass is 10.4. The molecule has 0 spiro atoms. The second kappa shape index (κ2) is 12.7. The Morgan fingerprint density at radius 1 is 1.23 bits per heavy atom. The first kappa shape index (κ1) is 23.3. The molecule has 0 aliphatic rings.